The Morgan fingerprint density at radius 2 is 1.29 bits per heavy atom. The maximum absolute atomic E-state index is 4.61. The first-order chi connectivity index (χ1) is 18.5. The van der Waals surface area contributed by atoms with Crippen molar-refractivity contribution in [2.24, 2.45) is 0 Å². The lowest BCUT2D eigenvalue weighted by Gasteiger charge is -2.00. The normalized spacial score (nSPS) is 10.4. The zero-order chi connectivity index (χ0) is 27.7. The van der Waals surface area contributed by atoms with E-state index in [0.717, 1.165) is 59.0 Å². The number of nitrogens with zero attached hydrogens (tertiary/aromatic N) is 7. The lowest BCUT2D eigenvalue weighted by Crippen LogP contribution is -1.93. The second-order valence-corrected chi connectivity index (χ2v) is 8.73. The number of hydrogen-bond acceptors (Lipinski definition) is 4. The van der Waals surface area contributed by atoms with Gasteiger partial charge in [-0.05, 0) is 81.5 Å². The monoisotopic (exact) mass is 511 g/mol. The summed E-state index contributed by atoms with van der Waals surface area (Å²) in [4.78, 5) is 13.5. The van der Waals surface area contributed by atoms with Crippen LogP contribution in [0.5, 0.6) is 0 Å². The van der Waals surface area contributed by atoms with Gasteiger partial charge in [0, 0.05) is 24.8 Å². The van der Waals surface area contributed by atoms with Crippen LogP contribution in [0.1, 0.15) is 68.5 Å². The SMILES string of the molecule is CC.CC.CCc1ccc2nc(C)cn2c1.Cc1cn2ccc(CCc3cn4nc(C)ccc4n3)cc2n1. The molecule has 38 heavy (non-hydrogen) atoms. The number of rotatable bonds is 4. The molecule has 0 fully saturated rings. The molecule has 6 heterocycles. The van der Waals surface area contributed by atoms with Gasteiger partial charge >= 0.3 is 0 Å². The van der Waals surface area contributed by atoms with Gasteiger partial charge in [-0.2, -0.15) is 5.10 Å². The van der Waals surface area contributed by atoms with Crippen molar-refractivity contribution in [3.63, 3.8) is 0 Å². The summed E-state index contributed by atoms with van der Waals surface area (Å²) in [6, 6.07) is 12.5. The zero-order valence-corrected chi connectivity index (χ0v) is 24.1. The standard InChI is InChI=1S/C17H17N5.C10H12N2.2C2H6/c1-12-3-6-16-19-15(11-22(16)20-12)5-4-14-7-8-21-10-13(2)18-17(21)9-14;1-3-9-4-5-10-11-8(2)6-12(10)7-9;2*1-2/h3,6-11H,4-5H2,1-2H3;4-7H,3H2,1-2H3;2*1-2H3. The summed E-state index contributed by atoms with van der Waals surface area (Å²) in [5, 5.41) is 4.44. The van der Waals surface area contributed by atoms with Gasteiger partial charge < -0.3 is 8.80 Å². The summed E-state index contributed by atoms with van der Waals surface area (Å²) in [6.07, 6.45) is 13.2. The Kier molecular flexibility index (Phi) is 10.2. The van der Waals surface area contributed by atoms with Gasteiger partial charge in [0.05, 0.1) is 29.0 Å². The molecule has 6 aromatic rings. The molecule has 0 spiro atoms. The molecular formula is C31H41N7. The molecule has 6 aromatic heterocycles. The van der Waals surface area contributed by atoms with Gasteiger partial charge in [-0.3, -0.25) is 0 Å². The van der Waals surface area contributed by atoms with Crippen LogP contribution < -0.4 is 0 Å². The van der Waals surface area contributed by atoms with E-state index in [1.807, 2.05) is 77.5 Å². The molecule has 0 atom stereocenters. The molecule has 0 aromatic carbocycles. The molecule has 0 bridgehead atoms. The highest BCUT2D eigenvalue weighted by atomic mass is 15.2. The molecule has 7 heteroatoms. The molecule has 0 saturated carbocycles. The summed E-state index contributed by atoms with van der Waals surface area (Å²) in [5.74, 6) is 0. The minimum absolute atomic E-state index is 0.901. The predicted molar refractivity (Wildman–Crippen MR) is 157 cm³/mol. The van der Waals surface area contributed by atoms with Crippen molar-refractivity contribution in [3.05, 3.63) is 101 Å². The van der Waals surface area contributed by atoms with Crippen LogP contribution in [0.25, 0.3) is 16.9 Å². The second-order valence-electron chi connectivity index (χ2n) is 8.73. The van der Waals surface area contributed by atoms with Crippen LogP contribution in [0.2, 0.25) is 0 Å². The van der Waals surface area contributed by atoms with Crippen LogP contribution in [0, 0.1) is 20.8 Å². The Morgan fingerprint density at radius 3 is 2.03 bits per heavy atom. The van der Waals surface area contributed by atoms with Gasteiger partial charge in [0.1, 0.15) is 11.3 Å². The Morgan fingerprint density at radius 1 is 0.605 bits per heavy atom. The Hall–Kier alpha value is -4.00. The highest BCUT2D eigenvalue weighted by molar-refractivity contribution is 5.43. The van der Waals surface area contributed by atoms with E-state index in [0.29, 0.717) is 0 Å². The third-order valence-corrected chi connectivity index (χ3v) is 5.86. The van der Waals surface area contributed by atoms with E-state index in [-0.39, 0.29) is 0 Å². The number of pyridine rings is 2. The molecule has 6 rings (SSSR count). The molecule has 0 amide bonds. The Bertz CT molecular complexity index is 1580. The lowest BCUT2D eigenvalue weighted by molar-refractivity contribution is 0.888. The van der Waals surface area contributed by atoms with Crippen molar-refractivity contribution in [1.82, 2.24) is 33.4 Å². The maximum Gasteiger partial charge on any atom is 0.153 e. The molecule has 0 radical (unpaired) electrons. The first-order valence-corrected chi connectivity index (χ1v) is 13.7. The third kappa shape index (κ3) is 7.06. The Labute approximate surface area is 226 Å². The summed E-state index contributed by atoms with van der Waals surface area (Å²) in [7, 11) is 0. The average molecular weight is 512 g/mol. The molecule has 0 saturated heterocycles. The van der Waals surface area contributed by atoms with Crippen LogP contribution in [-0.4, -0.2) is 33.4 Å². The topological polar surface area (TPSA) is 64.8 Å². The van der Waals surface area contributed by atoms with Crippen molar-refractivity contribution >= 4 is 16.9 Å². The van der Waals surface area contributed by atoms with Gasteiger partial charge in [0.2, 0.25) is 0 Å². The molecule has 0 aliphatic heterocycles. The summed E-state index contributed by atoms with van der Waals surface area (Å²) in [6.45, 7) is 16.2. The molecule has 0 N–H and O–H groups in total. The fourth-order valence-electron chi connectivity index (χ4n) is 4.10. The van der Waals surface area contributed by atoms with Crippen molar-refractivity contribution in [2.45, 2.75) is 74.7 Å². The fraction of sp³-hybridized carbons (Fsp3) is 0.355. The van der Waals surface area contributed by atoms with Gasteiger partial charge in [-0.15, -0.1) is 0 Å². The first kappa shape index (κ1) is 28.6. The predicted octanol–water partition coefficient (Wildman–Crippen LogP) is 7.04. The first-order valence-electron chi connectivity index (χ1n) is 13.7. The highest BCUT2D eigenvalue weighted by Gasteiger charge is 2.05. The van der Waals surface area contributed by atoms with E-state index in [4.69, 9.17) is 0 Å². The van der Waals surface area contributed by atoms with E-state index < -0.39 is 0 Å². The van der Waals surface area contributed by atoms with E-state index in [1.54, 1.807) is 0 Å². The molecule has 0 unspecified atom stereocenters. The van der Waals surface area contributed by atoms with Crippen LogP contribution in [0.4, 0.5) is 0 Å². The number of aromatic nitrogens is 7. The summed E-state index contributed by atoms with van der Waals surface area (Å²) in [5.41, 5.74) is 9.74. The number of aryl methyl sites for hydroxylation is 6. The molecule has 200 valence electrons. The average Bonchev–Trinajstić information content (AvgIpc) is 3.63. The van der Waals surface area contributed by atoms with E-state index >= 15 is 0 Å². The largest absolute Gasteiger partial charge is 0.307 e. The van der Waals surface area contributed by atoms with Crippen LogP contribution in [-0.2, 0) is 19.3 Å². The molecule has 7 nitrogen and oxygen atoms in total. The van der Waals surface area contributed by atoms with Crippen LogP contribution in [0.3, 0.4) is 0 Å². The van der Waals surface area contributed by atoms with Crippen molar-refractivity contribution in [1.29, 1.82) is 0 Å². The van der Waals surface area contributed by atoms with Gasteiger partial charge in [0.15, 0.2) is 5.65 Å². The third-order valence-electron chi connectivity index (χ3n) is 5.86. The number of hydrogen-bond donors (Lipinski definition) is 0. The summed E-state index contributed by atoms with van der Waals surface area (Å²) >= 11 is 0. The molecule has 0 aliphatic rings. The zero-order valence-electron chi connectivity index (χ0n) is 24.1. The quantitative estimate of drug-likeness (QED) is 0.255. The fourth-order valence-corrected chi connectivity index (χ4v) is 4.10. The highest BCUT2D eigenvalue weighted by Crippen LogP contribution is 2.12. The van der Waals surface area contributed by atoms with E-state index in [1.165, 1.54) is 11.1 Å². The van der Waals surface area contributed by atoms with Gasteiger partial charge in [0.25, 0.3) is 0 Å². The van der Waals surface area contributed by atoms with Crippen molar-refractivity contribution in [2.75, 3.05) is 0 Å². The maximum atomic E-state index is 4.61. The van der Waals surface area contributed by atoms with Crippen LogP contribution in [0.15, 0.2) is 67.4 Å². The smallest absolute Gasteiger partial charge is 0.153 e. The number of fused-ring (bicyclic) bond motifs is 3. The summed E-state index contributed by atoms with van der Waals surface area (Å²) < 4.78 is 5.98. The van der Waals surface area contributed by atoms with Gasteiger partial charge in [-0.25, -0.2) is 19.5 Å². The Balaban J connectivity index is 0.000000212. The van der Waals surface area contributed by atoms with E-state index in [9.17, 15) is 0 Å². The minimum atomic E-state index is 0.901. The number of imidazole rings is 3. The molecular weight excluding hydrogens is 470 g/mol. The van der Waals surface area contributed by atoms with Crippen molar-refractivity contribution < 1.29 is 0 Å². The van der Waals surface area contributed by atoms with E-state index in [2.05, 4.69) is 78.6 Å². The lowest BCUT2D eigenvalue weighted by atomic mass is 10.1. The molecule has 0 aliphatic carbocycles. The van der Waals surface area contributed by atoms with Crippen molar-refractivity contribution in [3.8, 4) is 0 Å². The minimum Gasteiger partial charge on any atom is -0.307 e. The van der Waals surface area contributed by atoms with Gasteiger partial charge in [-0.1, -0.05) is 40.7 Å². The van der Waals surface area contributed by atoms with Crippen LogP contribution >= 0.6 is 0 Å². The second kappa shape index (κ2) is 13.5.